The molecule has 0 atom stereocenters. The van der Waals surface area contributed by atoms with E-state index in [0.717, 1.165) is 42.1 Å². The number of carbonyl (C=O) groups excluding carboxylic acids is 1. The minimum absolute atomic E-state index is 0.273. The van der Waals surface area contributed by atoms with Gasteiger partial charge in [0.1, 0.15) is 5.69 Å². The van der Waals surface area contributed by atoms with E-state index in [1.165, 1.54) is 5.69 Å². The highest BCUT2D eigenvalue weighted by atomic mass is 79.9. The number of anilines is 1. The first-order valence-corrected chi connectivity index (χ1v) is 8.54. The van der Waals surface area contributed by atoms with Crippen LogP contribution in [0.3, 0.4) is 0 Å². The van der Waals surface area contributed by atoms with Crippen LogP contribution in [0.4, 0.5) is 5.69 Å². The zero-order valence-corrected chi connectivity index (χ0v) is 15.0. The lowest BCUT2D eigenvalue weighted by Gasteiger charge is -2.28. The highest BCUT2D eigenvalue weighted by Gasteiger charge is 2.11. The second-order valence-corrected chi connectivity index (χ2v) is 6.43. The van der Waals surface area contributed by atoms with Gasteiger partial charge in [0.25, 0.3) is 5.91 Å². The van der Waals surface area contributed by atoms with Crippen molar-refractivity contribution in [2.45, 2.75) is 6.92 Å². The van der Waals surface area contributed by atoms with E-state index in [-0.39, 0.29) is 5.91 Å². The molecule has 0 unspecified atom stereocenters. The predicted octanol–water partition coefficient (Wildman–Crippen LogP) is 2.77. The Bertz CT molecular complexity index is 733. The van der Waals surface area contributed by atoms with E-state index in [1.807, 2.05) is 19.1 Å². The van der Waals surface area contributed by atoms with Crippen LogP contribution in [-0.2, 0) is 4.74 Å². The Labute approximate surface area is 149 Å². The van der Waals surface area contributed by atoms with E-state index in [1.54, 1.807) is 12.3 Å². The van der Waals surface area contributed by atoms with Gasteiger partial charge in [-0.15, -0.1) is 0 Å². The van der Waals surface area contributed by atoms with Gasteiger partial charge in [-0.2, -0.15) is 5.10 Å². The molecular weight excluding hydrogens is 372 g/mol. The summed E-state index contributed by atoms with van der Waals surface area (Å²) in [5, 5.41) is 4.17. The number of aromatic amines is 1. The summed E-state index contributed by atoms with van der Waals surface area (Å²) in [5.74, 6) is -0.273. The highest BCUT2D eigenvalue weighted by Crippen LogP contribution is 2.17. The zero-order valence-electron chi connectivity index (χ0n) is 13.4. The first-order valence-electron chi connectivity index (χ1n) is 7.75. The molecule has 0 aliphatic carbocycles. The Morgan fingerprint density at radius 2 is 2.00 bits per heavy atom. The third kappa shape index (κ3) is 4.04. The summed E-state index contributed by atoms with van der Waals surface area (Å²) < 4.78 is 6.19. The summed E-state index contributed by atoms with van der Waals surface area (Å²) in [6, 6.07) is 9.88. The van der Waals surface area contributed by atoms with Crippen molar-refractivity contribution in [1.82, 2.24) is 10.4 Å². The van der Waals surface area contributed by atoms with Gasteiger partial charge in [-0.3, -0.25) is 4.79 Å². The van der Waals surface area contributed by atoms with E-state index in [9.17, 15) is 4.79 Å². The van der Waals surface area contributed by atoms with Crippen LogP contribution in [0, 0.1) is 0 Å². The standard InChI is InChI=1S/C17H19BrN4O2/c1-12(20-21-17(23)16-10-14(18)11-19-16)13-2-4-15(5-3-13)22-6-8-24-9-7-22/h2-5,10-11,19H,6-9H2,1H3,(H,21,23)/b20-12-. The summed E-state index contributed by atoms with van der Waals surface area (Å²) in [7, 11) is 0. The molecule has 1 aromatic heterocycles. The molecule has 1 fully saturated rings. The van der Waals surface area contributed by atoms with Crippen molar-refractivity contribution in [1.29, 1.82) is 0 Å². The maximum absolute atomic E-state index is 12.0. The second kappa shape index (κ2) is 7.63. The van der Waals surface area contributed by atoms with Crippen molar-refractivity contribution in [3.05, 3.63) is 52.3 Å². The van der Waals surface area contributed by atoms with Gasteiger partial charge in [-0.05, 0) is 46.6 Å². The van der Waals surface area contributed by atoms with Gasteiger partial charge in [-0.1, -0.05) is 12.1 Å². The largest absolute Gasteiger partial charge is 0.378 e. The topological polar surface area (TPSA) is 69.7 Å². The van der Waals surface area contributed by atoms with E-state index in [4.69, 9.17) is 4.74 Å². The number of hydrogen-bond donors (Lipinski definition) is 2. The third-order valence-electron chi connectivity index (χ3n) is 3.88. The number of amides is 1. The molecule has 6 nitrogen and oxygen atoms in total. The van der Waals surface area contributed by atoms with Crippen molar-refractivity contribution < 1.29 is 9.53 Å². The quantitative estimate of drug-likeness (QED) is 0.622. The monoisotopic (exact) mass is 390 g/mol. The first kappa shape index (κ1) is 16.7. The minimum Gasteiger partial charge on any atom is -0.378 e. The number of morpholine rings is 1. The molecular formula is C17H19BrN4O2. The summed E-state index contributed by atoms with van der Waals surface area (Å²) in [4.78, 5) is 17.1. The molecule has 0 bridgehead atoms. The molecule has 24 heavy (non-hydrogen) atoms. The van der Waals surface area contributed by atoms with Crippen molar-refractivity contribution in [2.75, 3.05) is 31.2 Å². The summed E-state index contributed by atoms with van der Waals surface area (Å²) >= 11 is 3.30. The van der Waals surface area contributed by atoms with Crippen molar-refractivity contribution in [3.63, 3.8) is 0 Å². The highest BCUT2D eigenvalue weighted by molar-refractivity contribution is 9.10. The van der Waals surface area contributed by atoms with Crippen LogP contribution in [0.15, 0.2) is 46.1 Å². The van der Waals surface area contributed by atoms with E-state index in [0.29, 0.717) is 5.69 Å². The number of hydrogen-bond acceptors (Lipinski definition) is 4. The predicted molar refractivity (Wildman–Crippen MR) is 97.6 cm³/mol. The molecule has 1 saturated heterocycles. The molecule has 2 heterocycles. The Balaban J connectivity index is 1.63. The van der Waals surface area contributed by atoms with Gasteiger partial charge in [0.2, 0.25) is 0 Å². The van der Waals surface area contributed by atoms with Gasteiger partial charge < -0.3 is 14.6 Å². The normalized spacial score (nSPS) is 15.4. The molecule has 1 aliphatic rings. The lowest BCUT2D eigenvalue weighted by Crippen LogP contribution is -2.36. The third-order valence-corrected chi connectivity index (χ3v) is 4.34. The van der Waals surface area contributed by atoms with Gasteiger partial charge in [0.05, 0.1) is 18.9 Å². The van der Waals surface area contributed by atoms with Crippen LogP contribution < -0.4 is 10.3 Å². The molecule has 0 spiro atoms. The number of nitrogens with one attached hydrogen (secondary N) is 2. The lowest BCUT2D eigenvalue weighted by molar-refractivity contribution is 0.0950. The van der Waals surface area contributed by atoms with E-state index < -0.39 is 0 Å². The molecule has 0 radical (unpaired) electrons. The van der Waals surface area contributed by atoms with Crippen LogP contribution in [0.1, 0.15) is 23.0 Å². The molecule has 1 aromatic carbocycles. The number of rotatable bonds is 4. The molecule has 1 aliphatic heterocycles. The van der Waals surface area contributed by atoms with Gasteiger partial charge in [-0.25, -0.2) is 5.43 Å². The lowest BCUT2D eigenvalue weighted by atomic mass is 10.1. The molecule has 7 heteroatoms. The van der Waals surface area contributed by atoms with Crippen LogP contribution in [0.5, 0.6) is 0 Å². The fourth-order valence-corrected chi connectivity index (χ4v) is 2.84. The zero-order chi connectivity index (χ0) is 16.9. The number of carbonyl (C=O) groups is 1. The molecule has 2 aromatic rings. The van der Waals surface area contributed by atoms with Gasteiger partial charge in [0.15, 0.2) is 0 Å². The number of aromatic nitrogens is 1. The maximum atomic E-state index is 12.0. The average molecular weight is 391 g/mol. The van der Waals surface area contributed by atoms with Crippen LogP contribution >= 0.6 is 15.9 Å². The Hall–Kier alpha value is -2.12. The van der Waals surface area contributed by atoms with E-state index in [2.05, 4.69) is 48.5 Å². The van der Waals surface area contributed by atoms with Crippen molar-refractivity contribution >= 4 is 33.2 Å². The SMILES string of the molecule is C/C(=N/NC(=O)c1cc(Br)c[nH]1)c1ccc(N2CCOCC2)cc1. The first-order chi connectivity index (χ1) is 11.6. The Morgan fingerprint density at radius 3 is 2.62 bits per heavy atom. The van der Waals surface area contributed by atoms with Crippen molar-refractivity contribution in [2.24, 2.45) is 5.10 Å². The Morgan fingerprint density at radius 1 is 1.29 bits per heavy atom. The number of benzene rings is 1. The molecule has 3 rings (SSSR count). The molecule has 126 valence electrons. The average Bonchev–Trinajstić information content (AvgIpc) is 3.07. The maximum Gasteiger partial charge on any atom is 0.287 e. The number of halogens is 1. The Kier molecular flexibility index (Phi) is 5.32. The summed E-state index contributed by atoms with van der Waals surface area (Å²) in [5.41, 5.74) is 5.92. The van der Waals surface area contributed by atoms with Crippen molar-refractivity contribution in [3.8, 4) is 0 Å². The van der Waals surface area contributed by atoms with E-state index >= 15 is 0 Å². The van der Waals surface area contributed by atoms with Gasteiger partial charge in [0, 0.05) is 29.4 Å². The number of H-pyrrole nitrogens is 1. The summed E-state index contributed by atoms with van der Waals surface area (Å²) in [6.07, 6.45) is 1.70. The number of ether oxygens (including phenoxy) is 1. The molecule has 0 saturated carbocycles. The van der Waals surface area contributed by atoms with Gasteiger partial charge >= 0.3 is 0 Å². The van der Waals surface area contributed by atoms with Crippen LogP contribution in [0.2, 0.25) is 0 Å². The molecule has 2 N–H and O–H groups in total. The second-order valence-electron chi connectivity index (χ2n) is 5.52. The number of nitrogens with zero attached hydrogens (tertiary/aromatic N) is 2. The van der Waals surface area contributed by atoms with Crippen LogP contribution in [-0.4, -0.2) is 42.9 Å². The molecule has 1 amide bonds. The smallest absolute Gasteiger partial charge is 0.287 e. The van der Waals surface area contributed by atoms with Crippen LogP contribution in [0.25, 0.3) is 0 Å². The fraction of sp³-hybridized carbons (Fsp3) is 0.294. The summed E-state index contributed by atoms with van der Waals surface area (Å²) in [6.45, 7) is 5.23. The fourth-order valence-electron chi connectivity index (χ4n) is 2.49. The number of hydrazone groups is 1. The minimum atomic E-state index is -0.273.